The Balaban J connectivity index is 1.24. The van der Waals surface area contributed by atoms with Crippen molar-refractivity contribution in [1.29, 1.82) is 0 Å². The van der Waals surface area contributed by atoms with Crippen molar-refractivity contribution < 1.29 is 14.3 Å². The number of hydrogen-bond acceptors (Lipinski definition) is 5. The Bertz CT molecular complexity index is 1350. The summed E-state index contributed by atoms with van der Waals surface area (Å²) < 4.78 is 13.2. The van der Waals surface area contributed by atoms with Gasteiger partial charge in [0.15, 0.2) is 0 Å². The normalized spacial score (nSPS) is 21.1. The number of methoxy groups -OCH3 is 1. The van der Waals surface area contributed by atoms with Gasteiger partial charge in [-0.3, -0.25) is 4.79 Å². The van der Waals surface area contributed by atoms with Gasteiger partial charge in [0, 0.05) is 37.1 Å². The Labute approximate surface area is 224 Å². The first-order valence-corrected chi connectivity index (χ1v) is 13.8. The molecule has 2 aliphatic heterocycles. The molecule has 3 aromatic rings. The third-order valence-corrected chi connectivity index (χ3v) is 8.08. The van der Waals surface area contributed by atoms with Crippen LogP contribution in [-0.2, 0) is 16.0 Å². The van der Waals surface area contributed by atoms with Crippen LogP contribution in [0.25, 0.3) is 11.8 Å². The zero-order valence-corrected chi connectivity index (χ0v) is 22.4. The smallest absolute Gasteiger partial charge is 0.250 e. The van der Waals surface area contributed by atoms with Gasteiger partial charge in [-0.25, -0.2) is 4.98 Å². The van der Waals surface area contributed by atoms with E-state index in [9.17, 15) is 4.79 Å². The highest BCUT2D eigenvalue weighted by Gasteiger charge is 2.33. The fourth-order valence-electron chi connectivity index (χ4n) is 6.13. The standard InChI is InChI=1S/C31H36N4O3/c1-22-20-34(21-32-22)29-11-8-23(18-30(29)37-2)17-25-6-4-12-35(31(25)36)28-7-3-5-24-19-26(9-10-27(24)28)33-13-15-38-16-14-33/h8-11,17-21,28H,3-7,12-16H2,1-2H3/b25-17+/t28-/m0/s1. The minimum Gasteiger partial charge on any atom is -0.495 e. The number of imidazole rings is 1. The third kappa shape index (κ3) is 4.83. The number of nitrogens with zero attached hydrogens (tertiary/aromatic N) is 4. The van der Waals surface area contributed by atoms with E-state index in [1.165, 1.54) is 16.8 Å². The second-order valence-corrected chi connectivity index (χ2v) is 10.5. The highest BCUT2D eigenvalue weighted by molar-refractivity contribution is 5.99. The summed E-state index contributed by atoms with van der Waals surface area (Å²) in [5.41, 5.74) is 7.73. The average molecular weight is 513 g/mol. The van der Waals surface area contributed by atoms with Crippen LogP contribution in [0, 0.1) is 6.92 Å². The number of fused-ring (bicyclic) bond motifs is 1. The minimum absolute atomic E-state index is 0.148. The number of ether oxygens (including phenoxy) is 2. The largest absolute Gasteiger partial charge is 0.495 e. The molecule has 0 N–H and O–H groups in total. The number of carbonyl (C=O) groups excluding carboxylic acids is 1. The number of morpholine rings is 1. The van der Waals surface area contributed by atoms with Crippen LogP contribution >= 0.6 is 0 Å². The second kappa shape index (κ2) is 10.7. The van der Waals surface area contributed by atoms with Crippen molar-refractivity contribution in [3.63, 3.8) is 0 Å². The summed E-state index contributed by atoms with van der Waals surface area (Å²) in [6, 6.07) is 13.1. The van der Waals surface area contributed by atoms with Gasteiger partial charge >= 0.3 is 0 Å². The molecule has 1 aromatic heterocycles. The van der Waals surface area contributed by atoms with Gasteiger partial charge in [-0.05, 0) is 86.1 Å². The summed E-state index contributed by atoms with van der Waals surface area (Å²) in [6.07, 6.45) is 10.8. The van der Waals surface area contributed by atoms with Gasteiger partial charge in [0.05, 0.1) is 44.1 Å². The highest BCUT2D eigenvalue weighted by Crippen LogP contribution is 2.39. The van der Waals surface area contributed by atoms with Gasteiger partial charge in [0.25, 0.3) is 0 Å². The molecular formula is C31H36N4O3. The first kappa shape index (κ1) is 24.7. The summed E-state index contributed by atoms with van der Waals surface area (Å²) in [5, 5.41) is 0. The van der Waals surface area contributed by atoms with Crippen molar-refractivity contribution >= 4 is 17.7 Å². The molecule has 0 radical (unpaired) electrons. The summed E-state index contributed by atoms with van der Waals surface area (Å²) in [4.78, 5) is 22.7. The van der Waals surface area contributed by atoms with E-state index in [4.69, 9.17) is 9.47 Å². The molecule has 7 heteroatoms. The molecule has 7 nitrogen and oxygen atoms in total. The summed E-state index contributed by atoms with van der Waals surface area (Å²) in [7, 11) is 1.68. The van der Waals surface area contributed by atoms with Crippen LogP contribution in [0.1, 0.15) is 54.1 Å². The first-order chi connectivity index (χ1) is 18.6. The van der Waals surface area contributed by atoms with Crippen molar-refractivity contribution in [2.45, 2.75) is 45.1 Å². The number of likely N-dealkylation sites (tertiary alicyclic amines) is 1. The summed E-state index contributed by atoms with van der Waals surface area (Å²) >= 11 is 0. The lowest BCUT2D eigenvalue weighted by atomic mass is 9.85. The Kier molecular flexibility index (Phi) is 6.94. The van der Waals surface area contributed by atoms with Crippen LogP contribution in [0.2, 0.25) is 0 Å². The number of piperidine rings is 1. The van der Waals surface area contributed by atoms with Gasteiger partial charge in [-0.15, -0.1) is 0 Å². The van der Waals surface area contributed by atoms with E-state index in [-0.39, 0.29) is 11.9 Å². The number of anilines is 1. The topological polar surface area (TPSA) is 59.8 Å². The molecular weight excluding hydrogens is 476 g/mol. The second-order valence-electron chi connectivity index (χ2n) is 10.5. The number of aryl methyl sites for hydroxylation is 2. The molecule has 2 fully saturated rings. The van der Waals surface area contributed by atoms with Crippen molar-refractivity contribution in [2.24, 2.45) is 0 Å². The van der Waals surface area contributed by atoms with Crippen molar-refractivity contribution in [3.05, 3.63) is 76.9 Å². The molecule has 0 spiro atoms. The molecule has 6 rings (SSSR count). The predicted molar refractivity (Wildman–Crippen MR) is 149 cm³/mol. The van der Waals surface area contributed by atoms with E-state index in [0.29, 0.717) is 0 Å². The van der Waals surface area contributed by atoms with Crippen LogP contribution in [-0.4, -0.2) is 60.3 Å². The van der Waals surface area contributed by atoms with Crippen LogP contribution < -0.4 is 9.64 Å². The summed E-state index contributed by atoms with van der Waals surface area (Å²) in [6.45, 7) is 6.23. The van der Waals surface area contributed by atoms with E-state index in [2.05, 4.69) is 39.0 Å². The number of carbonyl (C=O) groups is 1. The van der Waals surface area contributed by atoms with Crippen LogP contribution in [0.5, 0.6) is 5.75 Å². The van der Waals surface area contributed by atoms with Crippen LogP contribution in [0.4, 0.5) is 5.69 Å². The van der Waals surface area contributed by atoms with Gasteiger partial charge in [-0.2, -0.15) is 0 Å². The highest BCUT2D eigenvalue weighted by atomic mass is 16.5. The zero-order chi connectivity index (χ0) is 26.1. The van der Waals surface area contributed by atoms with Crippen molar-refractivity contribution in [3.8, 4) is 11.4 Å². The van der Waals surface area contributed by atoms with Crippen molar-refractivity contribution in [2.75, 3.05) is 44.9 Å². The lowest BCUT2D eigenvalue weighted by molar-refractivity contribution is -0.131. The molecule has 0 bridgehead atoms. The predicted octanol–water partition coefficient (Wildman–Crippen LogP) is 5.11. The molecule has 1 amide bonds. The third-order valence-electron chi connectivity index (χ3n) is 8.08. The lowest BCUT2D eigenvalue weighted by Crippen LogP contribution is -2.41. The first-order valence-electron chi connectivity index (χ1n) is 13.8. The molecule has 1 atom stereocenters. The Morgan fingerprint density at radius 3 is 2.71 bits per heavy atom. The van der Waals surface area contributed by atoms with Crippen molar-refractivity contribution in [1.82, 2.24) is 14.5 Å². The minimum atomic E-state index is 0.148. The lowest BCUT2D eigenvalue weighted by Gasteiger charge is -2.39. The molecule has 3 aliphatic rings. The van der Waals surface area contributed by atoms with E-state index in [1.807, 2.05) is 35.9 Å². The van der Waals surface area contributed by atoms with Gasteiger partial charge < -0.3 is 23.8 Å². The average Bonchev–Trinajstić information content (AvgIpc) is 3.40. The molecule has 2 aromatic carbocycles. The molecule has 38 heavy (non-hydrogen) atoms. The molecule has 2 saturated heterocycles. The molecule has 0 saturated carbocycles. The van der Waals surface area contributed by atoms with Gasteiger partial charge in [0.2, 0.25) is 5.91 Å². The quantitative estimate of drug-likeness (QED) is 0.445. The zero-order valence-electron chi connectivity index (χ0n) is 22.4. The maximum atomic E-state index is 13.8. The van der Waals surface area contributed by atoms with Gasteiger partial charge in [-0.1, -0.05) is 12.1 Å². The Morgan fingerprint density at radius 2 is 1.92 bits per heavy atom. The number of hydrogen-bond donors (Lipinski definition) is 0. The maximum absolute atomic E-state index is 13.8. The monoisotopic (exact) mass is 512 g/mol. The maximum Gasteiger partial charge on any atom is 0.250 e. The number of benzene rings is 2. The SMILES string of the molecule is COc1cc(/C=C2\CCCN([C@H]3CCCc4cc(N5CCOCC5)ccc43)C2=O)ccc1-n1cnc(C)c1. The fourth-order valence-corrected chi connectivity index (χ4v) is 6.13. The Hall–Kier alpha value is -3.58. The Morgan fingerprint density at radius 1 is 1.05 bits per heavy atom. The number of rotatable bonds is 5. The number of amides is 1. The van der Waals surface area contributed by atoms with Crippen LogP contribution in [0.3, 0.4) is 0 Å². The fraction of sp³-hybridized carbons (Fsp3) is 0.419. The number of aromatic nitrogens is 2. The van der Waals surface area contributed by atoms with E-state index in [1.54, 1.807) is 13.4 Å². The summed E-state index contributed by atoms with van der Waals surface area (Å²) in [5.74, 6) is 0.925. The molecule has 0 unspecified atom stereocenters. The van der Waals surface area contributed by atoms with E-state index >= 15 is 0 Å². The molecule has 198 valence electrons. The molecule has 1 aliphatic carbocycles. The van der Waals surface area contributed by atoms with E-state index < -0.39 is 0 Å². The van der Waals surface area contributed by atoms with E-state index in [0.717, 1.165) is 93.2 Å². The van der Waals surface area contributed by atoms with Crippen LogP contribution in [0.15, 0.2) is 54.5 Å². The van der Waals surface area contributed by atoms with Gasteiger partial charge in [0.1, 0.15) is 5.75 Å². The molecule has 3 heterocycles.